The topological polar surface area (TPSA) is 50.8 Å². The molecule has 4 rings (SSSR count). The highest BCUT2D eigenvalue weighted by Gasteiger charge is 2.41. The summed E-state index contributed by atoms with van der Waals surface area (Å²) in [5, 5.41) is 0.368. The van der Waals surface area contributed by atoms with Gasteiger partial charge in [-0.2, -0.15) is 0 Å². The Bertz CT molecular complexity index is 1020. The minimum Gasteiger partial charge on any atom is -0.487 e. The molecule has 2 aromatic heterocycles. The Morgan fingerprint density at radius 3 is 2.72 bits per heavy atom. The molecule has 0 aliphatic heterocycles. The molecule has 1 aromatic carbocycles. The molecular weight excluding hydrogens is 396 g/mol. The number of aromatic amines is 1. The number of imidazole rings is 1. The van der Waals surface area contributed by atoms with Crippen LogP contribution in [0.25, 0.3) is 11.3 Å². The lowest BCUT2D eigenvalue weighted by molar-refractivity contribution is 0.00756. The number of ether oxygens (including phenoxy) is 1. The molecule has 0 spiro atoms. The Hall–Kier alpha value is -2.47. The number of halogens is 3. The van der Waals surface area contributed by atoms with Crippen LogP contribution in [-0.2, 0) is 6.61 Å². The van der Waals surface area contributed by atoms with Crippen LogP contribution in [0.15, 0.2) is 36.5 Å². The van der Waals surface area contributed by atoms with Crippen molar-refractivity contribution in [3.63, 3.8) is 0 Å². The molecule has 7 heteroatoms. The maximum atomic E-state index is 13.5. The van der Waals surface area contributed by atoms with Gasteiger partial charge in [0.15, 0.2) is 0 Å². The Morgan fingerprint density at radius 1 is 1.24 bits per heavy atom. The Labute approximate surface area is 173 Å². The molecule has 1 aliphatic carbocycles. The maximum Gasteiger partial charge on any atom is 0.248 e. The third-order valence-corrected chi connectivity index (χ3v) is 5.54. The van der Waals surface area contributed by atoms with Crippen LogP contribution in [-0.4, -0.2) is 20.9 Å². The highest BCUT2D eigenvalue weighted by atomic mass is 35.5. The molecule has 2 heterocycles. The Balaban J connectivity index is 1.50. The number of aromatic nitrogens is 3. The first kappa shape index (κ1) is 19.8. The van der Waals surface area contributed by atoms with Gasteiger partial charge in [-0.3, -0.25) is 4.98 Å². The minimum atomic E-state index is -2.62. The van der Waals surface area contributed by atoms with E-state index >= 15 is 0 Å². The van der Waals surface area contributed by atoms with Gasteiger partial charge in [0.05, 0.1) is 5.69 Å². The molecule has 1 unspecified atom stereocenters. The quantitative estimate of drug-likeness (QED) is 0.535. The van der Waals surface area contributed by atoms with Crippen molar-refractivity contribution in [1.29, 1.82) is 0 Å². The number of alkyl halides is 2. The number of benzene rings is 1. The zero-order chi connectivity index (χ0) is 20.6. The second-order valence-corrected chi connectivity index (χ2v) is 8.05. The average molecular weight is 418 g/mol. The molecule has 0 bridgehead atoms. The fourth-order valence-electron chi connectivity index (χ4n) is 3.63. The summed E-state index contributed by atoms with van der Waals surface area (Å²) in [6.07, 6.45) is 1.93. The third kappa shape index (κ3) is 4.42. The first-order chi connectivity index (χ1) is 13.8. The summed E-state index contributed by atoms with van der Waals surface area (Å²) in [5.74, 6) is -1.63. The fraction of sp³-hybridized carbons (Fsp3) is 0.364. The predicted molar refractivity (Wildman–Crippen MR) is 109 cm³/mol. The molecule has 152 valence electrons. The number of pyridine rings is 1. The molecule has 0 radical (unpaired) electrons. The lowest BCUT2D eigenvalue weighted by Crippen LogP contribution is -2.09. The Kier molecular flexibility index (Phi) is 5.30. The number of aryl methyl sites for hydroxylation is 2. The van der Waals surface area contributed by atoms with Crippen molar-refractivity contribution < 1.29 is 13.5 Å². The summed E-state index contributed by atoms with van der Waals surface area (Å²) in [7, 11) is 0. The van der Waals surface area contributed by atoms with E-state index < -0.39 is 5.92 Å². The van der Waals surface area contributed by atoms with Gasteiger partial charge < -0.3 is 9.72 Å². The van der Waals surface area contributed by atoms with Crippen molar-refractivity contribution in [2.24, 2.45) is 0 Å². The smallest absolute Gasteiger partial charge is 0.248 e. The highest BCUT2D eigenvalue weighted by Crippen LogP contribution is 2.44. The molecule has 0 amide bonds. The maximum absolute atomic E-state index is 13.5. The highest BCUT2D eigenvalue weighted by molar-refractivity contribution is 6.31. The molecule has 1 N–H and O–H groups in total. The van der Waals surface area contributed by atoms with E-state index in [9.17, 15) is 8.78 Å². The van der Waals surface area contributed by atoms with Crippen LogP contribution in [0.4, 0.5) is 8.78 Å². The second kappa shape index (κ2) is 7.75. The van der Waals surface area contributed by atoms with E-state index in [4.69, 9.17) is 16.3 Å². The molecule has 0 saturated heterocycles. The fourth-order valence-corrected chi connectivity index (χ4v) is 3.88. The van der Waals surface area contributed by atoms with E-state index in [1.807, 2.05) is 50.4 Å². The summed E-state index contributed by atoms with van der Waals surface area (Å²) >= 11 is 6.33. The van der Waals surface area contributed by atoms with E-state index in [-0.39, 0.29) is 18.8 Å². The molecule has 1 fully saturated rings. The summed E-state index contributed by atoms with van der Waals surface area (Å²) in [6.45, 7) is 4.31. The standard InChI is InChI=1S/C22H22ClF2N3O/c1-13-3-5-17(26-11-13)12-29-18-6-4-15(9-14(18)2)19-20(23)28-21(27-19)16-7-8-22(24,25)10-16/h3-6,9,11,16H,7-8,10,12H2,1-2H3,(H,27,28). The van der Waals surface area contributed by atoms with Crippen LogP contribution < -0.4 is 4.74 Å². The molecule has 4 nitrogen and oxygen atoms in total. The summed E-state index contributed by atoms with van der Waals surface area (Å²) in [4.78, 5) is 11.9. The van der Waals surface area contributed by atoms with Gasteiger partial charge in [0, 0.05) is 30.5 Å². The monoisotopic (exact) mass is 417 g/mol. The summed E-state index contributed by atoms with van der Waals surface area (Å²) in [5.41, 5.74) is 4.29. The number of hydrogen-bond acceptors (Lipinski definition) is 3. The van der Waals surface area contributed by atoms with Crippen LogP contribution in [0.3, 0.4) is 0 Å². The average Bonchev–Trinajstić information content (AvgIpc) is 3.24. The van der Waals surface area contributed by atoms with Gasteiger partial charge in [-0.15, -0.1) is 0 Å². The van der Waals surface area contributed by atoms with Crippen molar-refractivity contribution in [2.45, 2.75) is 51.6 Å². The largest absolute Gasteiger partial charge is 0.487 e. The van der Waals surface area contributed by atoms with E-state index in [0.717, 1.165) is 28.1 Å². The van der Waals surface area contributed by atoms with E-state index in [2.05, 4.69) is 15.0 Å². The third-order valence-electron chi connectivity index (χ3n) is 5.26. The Morgan fingerprint density at radius 2 is 2.07 bits per heavy atom. The van der Waals surface area contributed by atoms with Gasteiger partial charge in [0.25, 0.3) is 0 Å². The van der Waals surface area contributed by atoms with Crippen molar-refractivity contribution in [1.82, 2.24) is 15.0 Å². The molecule has 29 heavy (non-hydrogen) atoms. The van der Waals surface area contributed by atoms with Crippen LogP contribution in [0.5, 0.6) is 5.75 Å². The van der Waals surface area contributed by atoms with Crippen molar-refractivity contribution in [3.8, 4) is 17.0 Å². The zero-order valence-corrected chi connectivity index (χ0v) is 17.1. The number of rotatable bonds is 5. The normalized spacial score (nSPS) is 18.2. The van der Waals surface area contributed by atoms with Gasteiger partial charge in [0.1, 0.15) is 29.0 Å². The van der Waals surface area contributed by atoms with Crippen LogP contribution in [0, 0.1) is 13.8 Å². The van der Waals surface area contributed by atoms with Crippen LogP contribution in [0.2, 0.25) is 5.15 Å². The zero-order valence-electron chi connectivity index (χ0n) is 16.3. The second-order valence-electron chi connectivity index (χ2n) is 7.68. The van der Waals surface area contributed by atoms with Gasteiger partial charge in [0.2, 0.25) is 5.92 Å². The molecule has 3 aromatic rings. The molecule has 1 aliphatic rings. The van der Waals surface area contributed by atoms with E-state index in [1.54, 1.807) is 0 Å². The molecule has 1 saturated carbocycles. The van der Waals surface area contributed by atoms with Gasteiger partial charge in [-0.25, -0.2) is 13.8 Å². The lowest BCUT2D eigenvalue weighted by Gasteiger charge is -2.10. The summed E-state index contributed by atoms with van der Waals surface area (Å²) < 4.78 is 32.9. The number of nitrogens with zero attached hydrogens (tertiary/aromatic N) is 2. The van der Waals surface area contributed by atoms with Gasteiger partial charge >= 0.3 is 0 Å². The van der Waals surface area contributed by atoms with E-state index in [1.165, 1.54) is 0 Å². The van der Waals surface area contributed by atoms with Crippen molar-refractivity contribution in [2.75, 3.05) is 0 Å². The lowest BCUT2D eigenvalue weighted by atomic mass is 10.1. The molecular formula is C22H22ClF2N3O. The minimum absolute atomic E-state index is 0.105. The first-order valence-electron chi connectivity index (χ1n) is 9.59. The number of H-pyrrole nitrogens is 1. The predicted octanol–water partition coefficient (Wildman–Crippen LogP) is 6.22. The van der Waals surface area contributed by atoms with Crippen LogP contribution >= 0.6 is 11.6 Å². The number of nitrogens with one attached hydrogen (secondary N) is 1. The van der Waals surface area contributed by atoms with Gasteiger partial charge in [-0.05, 0) is 55.7 Å². The SMILES string of the molecule is Cc1ccc(COc2ccc(-c3nc(C4CCC(F)(F)C4)[nH]c3Cl)cc2C)nc1. The van der Waals surface area contributed by atoms with E-state index in [0.29, 0.717) is 29.7 Å². The molecule has 1 atom stereocenters. The van der Waals surface area contributed by atoms with Gasteiger partial charge in [-0.1, -0.05) is 17.7 Å². The van der Waals surface area contributed by atoms with Crippen LogP contribution in [0.1, 0.15) is 47.8 Å². The van der Waals surface area contributed by atoms with Crippen molar-refractivity contribution >= 4 is 11.6 Å². The summed E-state index contributed by atoms with van der Waals surface area (Å²) in [6, 6.07) is 9.62. The number of hydrogen-bond donors (Lipinski definition) is 1. The van der Waals surface area contributed by atoms with Crippen molar-refractivity contribution in [3.05, 3.63) is 64.3 Å². The first-order valence-corrected chi connectivity index (χ1v) is 9.97.